The van der Waals surface area contributed by atoms with Crippen LogP contribution in [0.4, 0.5) is 0 Å². The number of nitrogens with one attached hydrogen (secondary N) is 6. The first kappa shape index (κ1) is 41.3. The summed E-state index contributed by atoms with van der Waals surface area (Å²) in [5, 5.41) is 23.9. The van der Waals surface area contributed by atoms with Crippen LogP contribution < -0.4 is 31.7 Å². The number of aromatic amines is 2. The van der Waals surface area contributed by atoms with Crippen LogP contribution in [0.15, 0.2) is 97.6 Å². The molecule has 0 radical (unpaired) electrons. The zero-order valence-electron chi connectivity index (χ0n) is 32.0. The van der Waals surface area contributed by atoms with Crippen LogP contribution in [0.2, 0.25) is 5.02 Å². The van der Waals surface area contributed by atoms with E-state index in [0.29, 0.717) is 40.9 Å². The van der Waals surface area contributed by atoms with Gasteiger partial charge in [0.25, 0.3) is 0 Å². The summed E-state index contributed by atoms with van der Waals surface area (Å²) in [6, 6.07) is 17.7. The van der Waals surface area contributed by atoms with Crippen molar-refractivity contribution in [1.82, 2.24) is 36.2 Å². The molecule has 14 nitrogen and oxygen atoms in total. The number of H-pyrrole nitrogens is 2. The minimum absolute atomic E-state index is 0.0463. The number of carbonyl (C=O) groups excluding carboxylic acids is 4. The maximum atomic E-state index is 14.3. The largest absolute Gasteiger partial charge is 0.508 e. The zero-order chi connectivity index (χ0) is 41.0. The van der Waals surface area contributed by atoms with E-state index < -0.39 is 35.8 Å². The van der Waals surface area contributed by atoms with Crippen LogP contribution in [-0.2, 0) is 44.9 Å². The summed E-state index contributed by atoms with van der Waals surface area (Å²) in [7, 11) is 1.61. The molecule has 0 bridgehead atoms. The molecule has 3 heterocycles. The number of aromatic hydroxyl groups is 1. The molecule has 1 unspecified atom stereocenters. The molecule has 9 N–H and O–H groups in total. The number of fused-ring (bicyclic) bond motifs is 2. The number of nitrogens with zero attached hydrogens (tertiary/aromatic N) is 1. The lowest BCUT2D eigenvalue weighted by atomic mass is 10.0. The first-order valence-electron chi connectivity index (χ1n) is 19.0. The first-order valence-corrected chi connectivity index (χ1v) is 19.4. The Bertz CT molecular complexity index is 2350. The van der Waals surface area contributed by atoms with Gasteiger partial charge in [-0.15, -0.1) is 0 Å². The smallest absolute Gasteiger partial charge is 0.243 e. The van der Waals surface area contributed by atoms with E-state index in [2.05, 4.69) is 36.2 Å². The van der Waals surface area contributed by atoms with Crippen molar-refractivity contribution in [1.29, 1.82) is 0 Å². The third kappa shape index (κ3) is 10.9. The Balaban J connectivity index is 1.23. The third-order valence-corrected chi connectivity index (χ3v) is 10.2. The van der Waals surface area contributed by atoms with Crippen LogP contribution in [0, 0.1) is 0 Å². The van der Waals surface area contributed by atoms with E-state index in [9.17, 15) is 24.3 Å². The number of phenols is 1. The Morgan fingerprint density at radius 3 is 2.03 bits per heavy atom. The molecule has 0 aliphatic heterocycles. The minimum atomic E-state index is -1.17. The number of hydrogen-bond acceptors (Lipinski definition) is 8. The normalized spacial score (nSPS) is 12.7. The molecule has 6 aromatic rings. The fourth-order valence-electron chi connectivity index (χ4n) is 6.80. The van der Waals surface area contributed by atoms with E-state index in [1.165, 1.54) is 0 Å². The molecule has 0 saturated carbocycles. The molecule has 15 heteroatoms. The third-order valence-electron chi connectivity index (χ3n) is 9.91. The Labute approximate surface area is 340 Å². The van der Waals surface area contributed by atoms with Crippen LogP contribution in [0.3, 0.4) is 0 Å². The lowest BCUT2D eigenvalue weighted by molar-refractivity contribution is -0.133. The van der Waals surface area contributed by atoms with Gasteiger partial charge in [0, 0.05) is 83.8 Å². The number of carbonyl (C=O) groups is 4. The van der Waals surface area contributed by atoms with E-state index in [4.69, 9.17) is 22.1 Å². The summed E-state index contributed by atoms with van der Waals surface area (Å²) in [5.74, 6) is -1.25. The number of benzene rings is 3. The van der Waals surface area contributed by atoms with Crippen LogP contribution in [0.5, 0.6) is 11.5 Å². The van der Waals surface area contributed by atoms with E-state index in [0.717, 1.165) is 33.3 Å². The number of phenolic OH excluding ortho intramolecular Hbond substituents is 1. The van der Waals surface area contributed by atoms with E-state index in [-0.39, 0.29) is 43.9 Å². The second-order valence-corrected chi connectivity index (χ2v) is 14.5. The summed E-state index contributed by atoms with van der Waals surface area (Å²) in [5.41, 5.74) is 10.5. The van der Waals surface area contributed by atoms with E-state index >= 15 is 0 Å². The number of halogens is 1. The second-order valence-electron chi connectivity index (χ2n) is 14.0. The number of amides is 4. The summed E-state index contributed by atoms with van der Waals surface area (Å²) in [6.07, 6.45) is 8.11. The van der Waals surface area contributed by atoms with Gasteiger partial charge in [0.2, 0.25) is 23.6 Å². The van der Waals surface area contributed by atoms with Crippen LogP contribution >= 0.6 is 11.6 Å². The molecule has 3 aromatic carbocycles. The molecule has 0 saturated heterocycles. The van der Waals surface area contributed by atoms with Crippen molar-refractivity contribution in [3.63, 3.8) is 0 Å². The lowest BCUT2D eigenvalue weighted by Gasteiger charge is -2.26. The molecular weight excluding hydrogens is 760 g/mol. The number of hydrogen-bond donors (Lipinski definition) is 8. The van der Waals surface area contributed by atoms with Crippen molar-refractivity contribution in [2.75, 3.05) is 20.2 Å². The Morgan fingerprint density at radius 1 is 0.759 bits per heavy atom. The monoisotopic (exact) mass is 806 g/mol. The van der Waals surface area contributed by atoms with Crippen LogP contribution in [0.25, 0.3) is 21.8 Å². The molecule has 58 heavy (non-hydrogen) atoms. The van der Waals surface area contributed by atoms with Crippen LogP contribution in [0.1, 0.15) is 35.1 Å². The van der Waals surface area contributed by atoms with E-state index in [1.54, 1.807) is 80.3 Å². The first-order chi connectivity index (χ1) is 28.1. The fraction of sp³-hybridized carbons (Fsp3) is 0.279. The van der Waals surface area contributed by atoms with Gasteiger partial charge in [-0.1, -0.05) is 23.7 Å². The molecule has 3 aromatic heterocycles. The molecule has 0 fully saturated rings. The summed E-state index contributed by atoms with van der Waals surface area (Å²) in [6.45, 7) is 0.579. The second kappa shape index (κ2) is 19.7. The predicted octanol–water partition coefficient (Wildman–Crippen LogP) is 3.99. The molecule has 6 rings (SSSR count). The molecular formula is C43H47ClN8O6. The number of aromatic nitrogens is 3. The predicted molar refractivity (Wildman–Crippen MR) is 222 cm³/mol. The Kier molecular flexibility index (Phi) is 14.0. The zero-order valence-corrected chi connectivity index (χ0v) is 32.8. The highest BCUT2D eigenvalue weighted by Crippen LogP contribution is 2.25. The molecule has 3 atom stereocenters. The summed E-state index contributed by atoms with van der Waals surface area (Å²) in [4.78, 5) is 65.9. The number of nitrogens with two attached hydrogens (primary N) is 1. The Hall–Kier alpha value is -6.38. The average molecular weight is 807 g/mol. The van der Waals surface area contributed by atoms with Gasteiger partial charge < -0.3 is 46.8 Å². The number of rotatable bonds is 19. The SMILES string of the molecule is COc1ccc2[nH]cc(CCNC(=O)C(Cc3ccncc3)NC(=O)[C@H](Cc3ccc(Cl)cc3)NC(=O)[C@H](Cc3c[nH]c4ccc(O)cc34)NC(=O)CCCN)c2c1. The highest BCUT2D eigenvalue weighted by atomic mass is 35.5. The highest BCUT2D eigenvalue weighted by molar-refractivity contribution is 6.30. The summed E-state index contributed by atoms with van der Waals surface area (Å²) >= 11 is 6.17. The van der Waals surface area contributed by atoms with Gasteiger partial charge in [-0.25, -0.2) is 0 Å². The molecule has 0 aliphatic rings. The standard InChI is InChI=1S/C43H47ClN8O6/c1-58-32-9-11-36-34(23-32)28(24-48-36)14-18-47-41(55)37(20-27-12-16-46-17-13-27)51-42(56)38(19-26-4-6-30(44)7-5-26)52-43(57)39(50-40(54)3-2-15-45)21-29-25-49-35-10-8-31(53)22-33(29)35/h4-13,16-17,22-25,37-39,48-49,53H,2-3,14-15,18-21,45H2,1H3,(H,47,55)(H,50,54)(H,51,56)(H,52,57)/t37?,38-,39-/m0/s1. The van der Waals surface area contributed by atoms with Crippen molar-refractivity contribution in [3.05, 3.63) is 125 Å². The highest BCUT2D eigenvalue weighted by Gasteiger charge is 2.31. The van der Waals surface area contributed by atoms with Gasteiger partial charge in [-0.05, 0) is 102 Å². The van der Waals surface area contributed by atoms with Crippen molar-refractivity contribution >= 4 is 57.0 Å². The maximum absolute atomic E-state index is 14.3. The Morgan fingerprint density at radius 2 is 1.36 bits per heavy atom. The molecule has 4 amide bonds. The van der Waals surface area contributed by atoms with Gasteiger partial charge in [0.05, 0.1) is 7.11 Å². The van der Waals surface area contributed by atoms with Gasteiger partial charge in [0.1, 0.15) is 29.6 Å². The number of methoxy groups -OCH3 is 1. The average Bonchev–Trinajstić information content (AvgIpc) is 3.82. The topological polar surface area (TPSA) is 216 Å². The van der Waals surface area contributed by atoms with Crippen molar-refractivity contribution in [2.45, 2.75) is 56.7 Å². The lowest BCUT2D eigenvalue weighted by Crippen LogP contribution is -2.58. The maximum Gasteiger partial charge on any atom is 0.243 e. The molecule has 0 spiro atoms. The van der Waals surface area contributed by atoms with Gasteiger partial charge in [0.15, 0.2) is 0 Å². The fourth-order valence-corrected chi connectivity index (χ4v) is 6.93. The number of pyridine rings is 1. The van der Waals surface area contributed by atoms with Crippen molar-refractivity contribution < 1.29 is 29.0 Å². The van der Waals surface area contributed by atoms with Crippen molar-refractivity contribution in [3.8, 4) is 11.5 Å². The molecule has 302 valence electrons. The number of ether oxygens (including phenoxy) is 1. The van der Waals surface area contributed by atoms with Crippen molar-refractivity contribution in [2.24, 2.45) is 5.73 Å². The quantitative estimate of drug-likeness (QED) is 0.0598. The van der Waals surface area contributed by atoms with Crippen LogP contribution in [-0.4, -0.2) is 82.0 Å². The van der Waals surface area contributed by atoms with Gasteiger partial charge >= 0.3 is 0 Å². The van der Waals surface area contributed by atoms with Gasteiger partial charge in [-0.2, -0.15) is 0 Å². The molecule has 0 aliphatic carbocycles. The van der Waals surface area contributed by atoms with Gasteiger partial charge in [-0.3, -0.25) is 24.2 Å². The minimum Gasteiger partial charge on any atom is -0.508 e. The van der Waals surface area contributed by atoms with E-state index in [1.807, 2.05) is 24.4 Å². The summed E-state index contributed by atoms with van der Waals surface area (Å²) < 4.78 is 5.39.